The topological polar surface area (TPSA) is 32.3 Å². The molecule has 1 aliphatic carbocycles. The van der Waals surface area contributed by atoms with Crippen molar-refractivity contribution in [2.75, 3.05) is 19.4 Å². The number of halogens is 3. The number of amides is 1. The minimum Gasteiger partial charge on any atom is -0.388 e. The number of benzene rings is 1. The average Bonchev–Trinajstić information content (AvgIpc) is 3.19. The highest BCUT2D eigenvalue weighted by Crippen LogP contribution is 2.36. The van der Waals surface area contributed by atoms with Gasteiger partial charge in [0.25, 0.3) is 5.91 Å². The van der Waals surface area contributed by atoms with Crippen LogP contribution in [0.3, 0.4) is 0 Å². The molecular weight excluding hydrogens is 257 g/mol. The molecule has 104 valence electrons. The molecule has 1 aliphatic rings. The van der Waals surface area contributed by atoms with Gasteiger partial charge in [-0.2, -0.15) is 13.2 Å². The molecule has 1 N–H and O–H groups in total. The first-order valence-electron chi connectivity index (χ1n) is 6.00. The van der Waals surface area contributed by atoms with Gasteiger partial charge < -0.3 is 10.2 Å². The van der Waals surface area contributed by atoms with E-state index < -0.39 is 11.7 Å². The number of hydrogen-bond donors (Lipinski definition) is 1. The minimum absolute atomic E-state index is 0.0295. The third kappa shape index (κ3) is 2.83. The van der Waals surface area contributed by atoms with Gasteiger partial charge in [0.1, 0.15) is 0 Å². The highest BCUT2D eigenvalue weighted by atomic mass is 19.4. The van der Waals surface area contributed by atoms with E-state index in [1.165, 1.54) is 24.1 Å². The Morgan fingerprint density at radius 3 is 2.47 bits per heavy atom. The first-order valence-corrected chi connectivity index (χ1v) is 6.00. The normalized spacial score (nSPS) is 15.2. The first-order chi connectivity index (χ1) is 8.84. The smallest absolute Gasteiger partial charge is 0.388 e. The van der Waals surface area contributed by atoms with Gasteiger partial charge in [-0.1, -0.05) is 0 Å². The van der Waals surface area contributed by atoms with Crippen molar-refractivity contribution in [1.29, 1.82) is 0 Å². The number of hydrogen-bond acceptors (Lipinski definition) is 2. The molecular formula is C13H15F3N2O. The molecule has 0 aromatic heterocycles. The van der Waals surface area contributed by atoms with E-state index >= 15 is 0 Å². The fourth-order valence-corrected chi connectivity index (χ4v) is 1.96. The van der Waals surface area contributed by atoms with Gasteiger partial charge in [0.05, 0.1) is 5.56 Å². The second-order valence-corrected chi connectivity index (χ2v) is 4.66. The second kappa shape index (κ2) is 4.75. The highest BCUT2D eigenvalue weighted by Gasteiger charge is 2.35. The molecule has 0 atom stereocenters. The van der Waals surface area contributed by atoms with Crippen LogP contribution in [0.25, 0.3) is 0 Å². The molecule has 2 rings (SSSR count). The number of nitrogens with zero attached hydrogens (tertiary/aromatic N) is 1. The van der Waals surface area contributed by atoms with Crippen LogP contribution >= 0.6 is 0 Å². The molecule has 3 nitrogen and oxygen atoms in total. The molecule has 1 amide bonds. The van der Waals surface area contributed by atoms with Crippen molar-refractivity contribution >= 4 is 11.6 Å². The van der Waals surface area contributed by atoms with Crippen molar-refractivity contribution in [3.63, 3.8) is 0 Å². The molecule has 1 aromatic rings. The zero-order valence-corrected chi connectivity index (χ0v) is 10.7. The number of anilines is 1. The molecule has 0 spiro atoms. The van der Waals surface area contributed by atoms with Crippen LogP contribution in [0.5, 0.6) is 0 Å². The van der Waals surface area contributed by atoms with Gasteiger partial charge in [-0.05, 0) is 31.0 Å². The van der Waals surface area contributed by atoms with E-state index in [2.05, 4.69) is 5.32 Å². The predicted octanol–water partition coefficient (Wildman–Crippen LogP) is 2.98. The molecule has 1 fully saturated rings. The Morgan fingerprint density at radius 2 is 2.00 bits per heavy atom. The molecule has 0 bridgehead atoms. The summed E-state index contributed by atoms with van der Waals surface area (Å²) in [4.78, 5) is 13.6. The first kappa shape index (κ1) is 13.7. The molecule has 0 aliphatic heterocycles. The van der Waals surface area contributed by atoms with Crippen molar-refractivity contribution < 1.29 is 18.0 Å². The quantitative estimate of drug-likeness (QED) is 0.917. The summed E-state index contributed by atoms with van der Waals surface area (Å²) < 4.78 is 38.7. The van der Waals surface area contributed by atoms with Gasteiger partial charge in [0.15, 0.2) is 0 Å². The molecule has 0 heterocycles. The fraction of sp³-hybridized carbons (Fsp3) is 0.462. The Balaban J connectivity index is 2.34. The zero-order chi connectivity index (χ0) is 14.2. The summed E-state index contributed by atoms with van der Waals surface area (Å²) >= 11 is 0. The van der Waals surface area contributed by atoms with E-state index in [-0.39, 0.29) is 23.2 Å². The van der Waals surface area contributed by atoms with Crippen molar-refractivity contribution in [2.24, 2.45) is 0 Å². The predicted molar refractivity (Wildman–Crippen MR) is 66.1 cm³/mol. The maximum atomic E-state index is 12.9. The summed E-state index contributed by atoms with van der Waals surface area (Å²) in [5.74, 6) is -0.365. The van der Waals surface area contributed by atoms with Crippen LogP contribution in [0, 0.1) is 0 Å². The number of alkyl halides is 3. The van der Waals surface area contributed by atoms with Crippen molar-refractivity contribution in [1.82, 2.24) is 4.90 Å². The third-order valence-electron chi connectivity index (χ3n) is 3.26. The Kier molecular flexibility index (Phi) is 3.43. The lowest BCUT2D eigenvalue weighted by molar-refractivity contribution is -0.136. The van der Waals surface area contributed by atoms with Gasteiger partial charge in [-0.15, -0.1) is 0 Å². The van der Waals surface area contributed by atoms with Gasteiger partial charge in [0, 0.05) is 31.4 Å². The maximum Gasteiger partial charge on any atom is 0.418 e. The summed E-state index contributed by atoms with van der Waals surface area (Å²) in [6, 6.07) is 3.79. The van der Waals surface area contributed by atoms with E-state index in [4.69, 9.17) is 0 Å². The monoisotopic (exact) mass is 272 g/mol. The summed E-state index contributed by atoms with van der Waals surface area (Å²) in [5, 5.41) is 2.49. The lowest BCUT2D eigenvalue weighted by atomic mass is 10.1. The lowest BCUT2D eigenvalue weighted by Crippen LogP contribution is -2.29. The number of rotatable bonds is 3. The second-order valence-electron chi connectivity index (χ2n) is 4.66. The van der Waals surface area contributed by atoms with Crippen molar-refractivity contribution in [2.45, 2.75) is 25.1 Å². The van der Waals surface area contributed by atoms with Crippen LogP contribution in [0.2, 0.25) is 0 Å². The Morgan fingerprint density at radius 1 is 1.37 bits per heavy atom. The Bertz CT molecular complexity index is 495. The van der Waals surface area contributed by atoms with E-state index in [1.54, 1.807) is 7.05 Å². The highest BCUT2D eigenvalue weighted by molar-refractivity contribution is 5.95. The van der Waals surface area contributed by atoms with Gasteiger partial charge in [-0.25, -0.2) is 0 Å². The standard InChI is InChI=1S/C13H15F3N2O/c1-17-11-6-3-8(7-10(11)13(14,15)16)12(19)18(2)9-4-5-9/h3,6-7,9,17H,4-5H2,1-2H3. The number of carbonyl (C=O) groups excluding carboxylic acids is 1. The van der Waals surface area contributed by atoms with E-state index in [9.17, 15) is 18.0 Å². The van der Waals surface area contributed by atoms with Crippen LogP contribution in [-0.4, -0.2) is 30.9 Å². The molecule has 1 aromatic carbocycles. The summed E-state index contributed by atoms with van der Waals surface area (Å²) in [5.41, 5.74) is -0.774. The van der Waals surface area contributed by atoms with Crippen LogP contribution in [0.4, 0.5) is 18.9 Å². The SMILES string of the molecule is CNc1ccc(C(=O)N(C)C2CC2)cc1C(F)(F)F. The average molecular weight is 272 g/mol. The molecule has 0 radical (unpaired) electrons. The van der Waals surface area contributed by atoms with Crippen LogP contribution in [0.15, 0.2) is 18.2 Å². The van der Waals surface area contributed by atoms with E-state index in [0.29, 0.717) is 0 Å². The Hall–Kier alpha value is -1.72. The zero-order valence-electron chi connectivity index (χ0n) is 10.7. The number of carbonyl (C=O) groups is 1. The Labute approximate surface area is 109 Å². The molecule has 0 unspecified atom stereocenters. The van der Waals surface area contributed by atoms with E-state index in [1.807, 2.05) is 0 Å². The van der Waals surface area contributed by atoms with Crippen LogP contribution in [0.1, 0.15) is 28.8 Å². The van der Waals surface area contributed by atoms with Gasteiger partial charge in [0.2, 0.25) is 0 Å². The van der Waals surface area contributed by atoms with Crippen molar-refractivity contribution in [3.8, 4) is 0 Å². The van der Waals surface area contributed by atoms with Gasteiger partial charge in [-0.3, -0.25) is 4.79 Å². The molecule has 1 saturated carbocycles. The lowest BCUT2D eigenvalue weighted by Gasteiger charge is -2.18. The third-order valence-corrected chi connectivity index (χ3v) is 3.26. The van der Waals surface area contributed by atoms with Crippen LogP contribution < -0.4 is 5.32 Å². The van der Waals surface area contributed by atoms with Gasteiger partial charge >= 0.3 is 6.18 Å². The molecule has 19 heavy (non-hydrogen) atoms. The van der Waals surface area contributed by atoms with Crippen LogP contribution in [-0.2, 0) is 6.18 Å². The van der Waals surface area contributed by atoms with E-state index in [0.717, 1.165) is 18.9 Å². The fourth-order valence-electron chi connectivity index (χ4n) is 1.96. The summed E-state index contributed by atoms with van der Waals surface area (Å²) in [6.45, 7) is 0. The minimum atomic E-state index is -4.48. The van der Waals surface area contributed by atoms with Crippen molar-refractivity contribution in [3.05, 3.63) is 29.3 Å². The maximum absolute atomic E-state index is 12.9. The molecule has 6 heteroatoms. The summed E-state index contributed by atoms with van der Waals surface area (Å²) in [6.07, 6.45) is -2.64. The molecule has 0 saturated heterocycles. The number of nitrogens with one attached hydrogen (secondary N) is 1. The summed E-state index contributed by atoms with van der Waals surface area (Å²) in [7, 11) is 3.04. The largest absolute Gasteiger partial charge is 0.418 e.